The van der Waals surface area contributed by atoms with Crippen molar-refractivity contribution in [3.63, 3.8) is 0 Å². The highest BCUT2D eigenvalue weighted by Gasteiger charge is 2.34. The largest absolute Gasteiger partial charge is 0.396 e. The molecule has 0 aromatic carbocycles. The highest BCUT2D eigenvalue weighted by molar-refractivity contribution is 4.87. The molecule has 2 fully saturated rings. The van der Waals surface area contributed by atoms with Gasteiger partial charge in [0.05, 0.1) is 0 Å². The van der Waals surface area contributed by atoms with Crippen LogP contribution in [0.4, 0.5) is 0 Å². The Kier molecular flexibility index (Phi) is 4.04. The summed E-state index contributed by atoms with van der Waals surface area (Å²) in [7, 11) is 0. The fourth-order valence-electron chi connectivity index (χ4n) is 2.84. The molecule has 2 nitrogen and oxygen atoms in total. The maximum absolute atomic E-state index is 8.97. The molecule has 2 rings (SSSR count). The predicted molar refractivity (Wildman–Crippen MR) is 62.7 cm³/mol. The van der Waals surface area contributed by atoms with Crippen LogP contribution in [0.5, 0.6) is 0 Å². The standard InChI is InChI=1S/C13H25NO/c1-10(9-15)8-14-13-4-2-3-12(7-13)11-5-6-11/h10-15H,2-9H2,1H3. The van der Waals surface area contributed by atoms with Gasteiger partial charge in [0.1, 0.15) is 0 Å². The lowest BCUT2D eigenvalue weighted by Crippen LogP contribution is -2.37. The Labute approximate surface area is 93.5 Å². The first-order valence-corrected chi connectivity index (χ1v) is 6.64. The zero-order valence-corrected chi connectivity index (χ0v) is 9.91. The zero-order chi connectivity index (χ0) is 10.7. The Balaban J connectivity index is 1.67. The van der Waals surface area contributed by atoms with Gasteiger partial charge in [0, 0.05) is 19.2 Å². The average molecular weight is 211 g/mol. The van der Waals surface area contributed by atoms with Gasteiger partial charge in [0.25, 0.3) is 0 Å². The van der Waals surface area contributed by atoms with Crippen molar-refractivity contribution in [2.75, 3.05) is 13.2 Å². The molecule has 0 aromatic heterocycles. The summed E-state index contributed by atoms with van der Waals surface area (Å²) in [5.41, 5.74) is 0. The molecule has 88 valence electrons. The quantitative estimate of drug-likeness (QED) is 0.730. The van der Waals surface area contributed by atoms with Crippen LogP contribution in [0.3, 0.4) is 0 Å². The number of nitrogens with one attached hydrogen (secondary N) is 1. The van der Waals surface area contributed by atoms with Crippen LogP contribution in [0.25, 0.3) is 0 Å². The predicted octanol–water partition coefficient (Wildman–Crippen LogP) is 2.17. The molecule has 2 aliphatic rings. The van der Waals surface area contributed by atoms with Crippen molar-refractivity contribution >= 4 is 0 Å². The number of rotatable bonds is 5. The van der Waals surface area contributed by atoms with Crippen LogP contribution in [0, 0.1) is 17.8 Å². The van der Waals surface area contributed by atoms with Gasteiger partial charge in [-0.3, -0.25) is 0 Å². The van der Waals surface area contributed by atoms with Crippen LogP contribution >= 0.6 is 0 Å². The second-order valence-corrected chi connectivity index (χ2v) is 5.66. The minimum absolute atomic E-state index is 0.311. The summed E-state index contributed by atoms with van der Waals surface area (Å²) in [6, 6.07) is 0.735. The van der Waals surface area contributed by atoms with E-state index in [1.54, 1.807) is 0 Å². The molecular formula is C13H25NO. The Morgan fingerprint density at radius 2 is 2.00 bits per heavy atom. The van der Waals surface area contributed by atoms with Gasteiger partial charge >= 0.3 is 0 Å². The van der Waals surface area contributed by atoms with Crippen LogP contribution in [0.15, 0.2) is 0 Å². The second-order valence-electron chi connectivity index (χ2n) is 5.66. The molecule has 2 N–H and O–H groups in total. The first kappa shape index (κ1) is 11.4. The van der Waals surface area contributed by atoms with Crippen molar-refractivity contribution in [1.82, 2.24) is 5.32 Å². The van der Waals surface area contributed by atoms with Crippen LogP contribution in [0.1, 0.15) is 45.4 Å². The summed E-state index contributed by atoms with van der Waals surface area (Å²) >= 11 is 0. The molecule has 2 heteroatoms. The summed E-state index contributed by atoms with van der Waals surface area (Å²) in [5.74, 6) is 2.50. The third-order valence-electron chi connectivity index (χ3n) is 4.07. The SMILES string of the molecule is CC(CO)CNC1CCCC(C2CC2)C1. The number of hydrogen-bond donors (Lipinski definition) is 2. The van der Waals surface area contributed by atoms with E-state index in [9.17, 15) is 0 Å². The maximum Gasteiger partial charge on any atom is 0.0468 e. The van der Waals surface area contributed by atoms with E-state index in [0.717, 1.165) is 24.4 Å². The van der Waals surface area contributed by atoms with Gasteiger partial charge in [-0.2, -0.15) is 0 Å². The van der Waals surface area contributed by atoms with Gasteiger partial charge in [-0.05, 0) is 43.4 Å². The number of aliphatic hydroxyl groups is 1. The molecule has 0 aromatic rings. The topological polar surface area (TPSA) is 32.3 Å². The van der Waals surface area contributed by atoms with Gasteiger partial charge in [0.2, 0.25) is 0 Å². The Morgan fingerprint density at radius 1 is 1.20 bits per heavy atom. The van der Waals surface area contributed by atoms with E-state index in [1.807, 2.05) is 0 Å². The molecule has 2 aliphatic carbocycles. The molecule has 0 saturated heterocycles. The molecule has 2 saturated carbocycles. The Morgan fingerprint density at radius 3 is 2.67 bits per heavy atom. The third kappa shape index (κ3) is 3.46. The van der Waals surface area contributed by atoms with E-state index >= 15 is 0 Å². The highest BCUT2D eigenvalue weighted by Crippen LogP contribution is 2.43. The van der Waals surface area contributed by atoms with Crippen molar-refractivity contribution in [2.24, 2.45) is 17.8 Å². The fourth-order valence-corrected chi connectivity index (χ4v) is 2.84. The molecule has 0 aliphatic heterocycles. The first-order chi connectivity index (χ1) is 7.29. The summed E-state index contributed by atoms with van der Waals surface area (Å²) < 4.78 is 0. The van der Waals surface area contributed by atoms with Crippen molar-refractivity contribution < 1.29 is 5.11 Å². The molecule has 0 amide bonds. The third-order valence-corrected chi connectivity index (χ3v) is 4.07. The van der Waals surface area contributed by atoms with Crippen LogP contribution in [-0.4, -0.2) is 24.3 Å². The number of aliphatic hydroxyl groups excluding tert-OH is 1. The van der Waals surface area contributed by atoms with E-state index in [-0.39, 0.29) is 0 Å². The average Bonchev–Trinajstić information content (AvgIpc) is 3.10. The second kappa shape index (κ2) is 5.31. The highest BCUT2D eigenvalue weighted by atomic mass is 16.3. The van der Waals surface area contributed by atoms with E-state index in [0.29, 0.717) is 12.5 Å². The van der Waals surface area contributed by atoms with Crippen molar-refractivity contribution in [1.29, 1.82) is 0 Å². The van der Waals surface area contributed by atoms with Gasteiger partial charge in [-0.15, -0.1) is 0 Å². The zero-order valence-electron chi connectivity index (χ0n) is 9.91. The molecule has 0 radical (unpaired) electrons. The lowest BCUT2D eigenvalue weighted by molar-refractivity contribution is 0.212. The minimum atomic E-state index is 0.311. The lowest BCUT2D eigenvalue weighted by atomic mass is 9.82. The maximum atomic E-state index is 8.97. The van der Waals surface area contributed by atoms with E-state index in [1.165, 1.54) is 38.5 Å². The summed E-state index contributed by atoms with van der Waals surface area (Å²) in [6.45, 7) is 3.40. The van der Waals surface area contributed by atoms with Gasteiger partial charge in [-0.25, -0.2) is 0 Å². The lowest BCUT2D eigenvalue weighted by Gasteiger charge is -2.30. The summed E-state index contributed by atoms with van der Waals surface area (Å²) in [6.07, 6.45) is 8.60. The summed E-state index contributed by atoms with van der Waals surface area (Å²) in [4.78, 5) is 0. The molecule has 15 heavy (non-hydrogen) atoms. The normalized spacial score (nSPS) is 34.0. The monoisotopic (exact) mass is 211 g/mol. The van der Waals surface area contributed by atoms with Crippen LogP contribution in [-0.2, 0) is 0 Å². The molecule has 0 bridgehead atoms. The van der Waals surface area contributed by atoms with E-state index in [2.05, 4.69) is 12.2 Å². The van der Waals surface area contributed by atoms with Crippen molar-refractivity contribution in [3.05, 3.63) is 0 Å². The van der Waals surface area contributed by atoms with Crippen molar-refractivity contribution in [2.45, 2.75) is 51.5 Å². The van der Waals surface area contributed by atoms with E-state index < -0.39 is 0 Å². The summed E-state index contributed by atoms with van der Waals surface area (Å²) in [5, 5.41) is 12.6. The molecule has 0 heterocycles. The molecule has 3 unspecified atom stereocenters. The van der Waals surface area contributed by atoms with Crippen LogP contribution < -0.4 is 5.32 Å². The van der Waals surface area contributed by atoms with Crippen molar-refractivity contribution in [3.8, 4) is 0 Å². The van der Waals surface area contributed by atoms with Gasteiger partial charge < -0.3 is 10.4 Å². The number of hydrogen-bond acceptors (Lipinski definition) is 2. The van der Waals surface area contributed by atoms with E-state index in [4.69, 9.17) is 5.11 Å². The minimum Gasteiger partial charge on any atom is -0.396 e. The molecule has 3 atom stereocenters. The fraction of sp³-hybridized carbons (Fsp3) is 1.00. The Hall–Kier alpha value is -0.0800. The smallest absolute Gasteiger partial charge is 0.0468 e. The van der Waals surface area contributed by atoms with Crippen LogP contribution in [0.2, 0.25) is 0 Å². The Bertz CT molecular complexity index is 191. The first-order valence-electron chi connectivity index (χ1n) is 6.64. The molecule has 0 spiro atoms. The molecular weight excluding hydrogens is 186 g/mol. The van der Waals surface area contributed by atoms with Gasteiger partial charge in [0.15, 0.2) is 0 Å². The van der Waals surface area contributed by atoms with Gasteiger partial charge in [-0.1, -0.05) is 19.8 Å².